The van der Waals surface area contributed by atoms with Crippen molar-refractivity contribution in [1.29, 1.82) is 0 Å². The SMILES string of the molecule is COc1ccc(-c2ccc(C(O)CN)cc2)cc1OC. The minimum absolute atomic E-state index is 0.218. The van der Waals surface area contributed by atoms with Gasteiger partial charge in [-0.15, -0.1) is 0 Å². The third-order valence-electron chi connectivity index (χ3n) is 3.24. The molecule has 0 bridgehead atoms. The fourth-order valence-corrected chi connectivity index (χ4v) is 2.05. The smallest absolute Gasteiger partial charge is 0.161 e. The van der Waals surface area contributed by atoms with Gasteiger partial charge >= 0.3 is 0 Å². The first kappa shape index (κ1) is 14.4. The molecule has 2 aromatic rings. The van der Waals surface area contributed by atoms with Gasteiger partial charge in [0.1, 0.15) is 0 Å². The van der Waals surface area contributed by atoms with Gasteiger partial charge in [0, 0.05) is 6.54 Å². The monoisotopic (exact) mass is 273 g/mol. The average Bonchev–Trinajstić information content (AvgIpc) is 2.53. The van der Waals surface area contributed by atoms with Crippen molar-refractivity contribution in [2.75, 3.05) is 20.8 Å². The van der Waals surface area contributed by atoms with Gasteiger partial charge in [0.25, 0.3) is 0 Å². The summed E-state index contributed by atoms with van der Waals surface area (Å²) < 4.78 is 10.5. The molecule has 0 heterocycles. The lowest BCUT2D eigenvalue weighted by Crippen LogP contribution is -2.11. The molecule has 0 spiro atoms. The third-order valence-corrected chi connectivity index (χ3v) is 3.24. The van der Waals surface area contributed by atoms with Gasteiger partial charge in [0.15, 0.2) is 11.5 Å². The summed E-state index contributed by atoms with van der Waals surface area (Å²) in [6, 6.07) is 13.4. The maximum atomic E-state index is 9.68. The number of methoxy groups -OCH3 is 2. The summed E-state index contributed by atoms with van der Waals surface area (Å²) in [7, 11) is 3.23. The van der Waals surface area contributed by atoms with E-state index in [2.05, 4.69) is 0 Å². The molecule has 0 aliphatic heterocycles. The Labute approximate surface area is 118 Å². The average molecular weight is 273 g/mol. The van der Waals surface area contributed by atoms with Gasteiger partial charge in [-0.1, -0.05) is 30.3 Å². The number of aliphatic hydroxyl groups is 1. The molecule has 4 heteroatoms. The Hall–Kier alpha value is -2.04. The highest BCUT2D eigenvalue weighted by molar-refractivity contribution is 5.67. The van der Waals surface area contributed by atoms with Crippen molar-refractivity contribution in [3.8, 4) is 22.6 Å². The molecule has 0 aliphatic carbocycles. The maximum Gasteiger partial charge on any atom is 0.161 e. The van der Waals surface area contributed by atoms with Gasteiger partial charge in [-0.25, -0.2) is 0 Å². The third kappa shape index (κ3) is 2.92. The Balaban J connectivity index is 2.32. The standard InChI is InChI=1S/C16H19NO3/c1-19-15-8-7-13(9-16(15)20-2)11-3-5-12(6-4-11)14(18)10-17/h3-9,14,18H,10,17H2,1-2H3. The van der Waals surface area contributed by atoms with Gasteiger partial charge in [0.2, 0.25) is 0 Å². The predicted molar refractivity (Wildman–Crippen MR) is 79.0 cm³/mol. The Morgan fingerprint density at radius 2 is 1.55 bits per heavy atom. The molecule has 2 aromatic carbocycles. The molecule has 1 unspecified atom stereocenters. The van der Waals surface area contributed by atoms with Gasteiger partial charge in [-0.3, -0.25) is 0 Å². The van der Waals surface area contributed by atoms with Crippen LogP contribution in [0.5, 0.6) is 11.5 Å². The number of ether oxygens (including phenoxy) is 2. The Bertz CT molecular complexity index is 566. The number of hydrogen-bond acceptors (Lipinski definition) is 4. The molecule has 20 heavy (non-hydrogen) atoms. The van der Waals surface area contributed by atoms with Crippen LogP contribution in [0.15, 0.2) is 42.5 Å². The summed E-state index contributed by atoms with van der Waals surface area (Å²) in [5, 5.41) is 9.68. The van der Waals surface area contributed by atoms with Crippen LogP contribution < -0.4 is 15.2 Å². The summed E-state index contributed by atoms with van der Waals surface area (Å²) >= 11 is 0. The summed E-state index contributed by atoms with van der Waals surface area (Å²) in [6.45, 7) is 0.218. The molecule has 0 amide bonds. The maximum absolute atomic E-state index is 9.68. The molecule has 2 rings (SSSR count). The molecule has 106 valence electrons. The minimum Gasteiger partial charge on any atom is -0.493 e. The van der Waals surface area contributed by atoms with E-state index in [1.54, 1.807) is 14.2 Å². The number of benzene rings is 2. The van der Waals surface area contributed by atoms with E-state index < -0.39 is 6.10 Å². The molecule has 4 nitrogen and oxygen atoms in total. The van der Waals surface area contributed by atoms with Gasteiger partial charge in [-0.05, 0) is 28.8 Å². The lowest BCUT2D eigenvalue weighted by atomic mass is 10.0. The van der Waals surface area contributed by atoms with Crippen LogP contribution in [-0.4, -0.2) is 25.9 Å². The van der Waals surface area contributed by atoms with Crippen LogP contribution in [0.25, 0.3) is 11.1 Å². The molecule has 1 atom stereocenters. The van der Waals surface area contributed by atoms with Crippen molar-refractivity contribution in [3.63, 3.8) is 0 Å². The van der Waals surface area contributed by atoms with E-state index in [1.165, 1.54) is 0 Å². The van der Waals surface area contributed by atoms with Crippen LogP contribution in [-0.2, 0) is 0 Å². The summed E-state index contributed by atoms with van der Waals surface area (Å²) in [6.07, 6.45) is -0.616. The molecule has 0 aromatic heterocycles. The van der Waals surface area contributed by atoms with Crippen molar-refractivity contribution < 1.29 is 14.6 Å². The van der Waals surface area contributed by atoms with Crippen molar-refractivity contribution in [2.45, 2.75) is 6.10 Å². The Morgan fingerprint density at radius 1 is 0.950 bits per heavy atom. The Kier molecular flexibility index (Phi) is 4.61. The van der Waals surface area contributed by atoms with E-state index in [0.29, 0.717) is 11.5 Å². The van der Waals surface area contributed by atoms with Gasteiger partial charge in [-0.2, -0.15) is 0 Å². The Morgan fingerprint density at radius 3 is 2.10 bits per heavy atom. The number of aliphatic hydroxyl groups excluding tert-OH is 1. The molecule has 0 saturated heterocycles. The first-order chi connectivity index (χ1) is 9.69. The molecule has 3 N–H and O–H groups in total. The highest BCUT2D eigenvalue weighted by Crippen LogP contribution is 2.32. The van der Waals surface area contributed by atoms with Gasteiger partial charge in [0.05, 0.1) is 20.3 Å². The molecular formula is C16H19NO3. The molecular weight excluding hydrogens is 254 g/mol. The topological polar surface area (TPSA) is 64.7 Å². The zero-order valence-corrected chi connectivity index (χ0v) is 11.7. The highest BCUT2D eigenvalue weighted by atomic mass is 16.5. The van der Waals surface area contributed by atoms with Crippen molar-refractivity contribution >= 4 is 0 Å². The van der Waals surface area contributed by atoms with Crippen molar-refractivity contribution in [1.82, 2.24) is 0 Å². The van der Waals surface area contributed by atoms with E-state index >= 15 is 0 Å². The van der Waals surface area contributed by atoms with Crippen LogP contribution in [0.2, 0.25) is 0 Å². The van der Waals surface area contributed by atoms with Crippen LogP contribution in [0, 0.1) is 0 Å². The van der Waals surface area contributed by atoms with E-state index in [9.17, 15) is 5.11 Å². The zero-order valence-electron chi connectivity index (χ0n) is 11.7. The van der Waals surface area contributed by atoms with Crippen LogP contribution in [0.1, 0.15) is 11.7 Å². The predicted octanol–water partition coefficient (Wildman–Crippen LogP) is 2.36. The summed E-state index contributed by atoms with van der Waals surface area (Å²) in [5.74, 6) is 1.39. The van der Waals surface area contributed by atoms with E-state index in [-0.39, 0.29) is 6.54 Å². The fraction of sp³-hybridized carbons (Fsp3) is 0.250. The summed E-state index contributed by atoms with van der Waals surface area (Å²) in [5.41, 5.74) is 8.32. The molecule has 0 fully saturated rings. The first-order valence-corrected chi connectivity index (χ1v) is 6.40. The van der Waals surface area contributed by atoms with E-state index in [0.717, 1.165) is 16.7 Å². The van der Waals surface area contributed by atoms with E-state index in [1.807, 2.05) is 42.5 Å². The minimum atomic E-state index is -0.616. The molecule has 0 saturated carbocycles. The number of nitrogens with two attached hydrogens (primary N) is 1. The van der Waals surface area contributed by atoms with Crippen LogP contribution >= 0.6 is 0 Å². The van der Waals surface area contributed by atoms with E-state index in [4.69, 9.17) is 15.2 Å². The highest BCUT2D eigenvalue weighted by Gasteiger charge is 2.08. The lowest BCUT2D eigenvalue weighted by Gasteiger charge is -2.11. The second-order valence-corrected chi connectivity index (χ2v) is 4.44. The second-order valence-electron chi connectivity index (χ2n) is 4.44. The van der Waals surface area contributed by atoms with Crippen molar-refractivity contribution in [2.24, 2.45) is 5.73 Å². The van der Waals surface area contributed by atoms with Crippen LogP contribution in [0.3, 0.4) is 0 Å². The second kappa shape index (κ2) is 6.41. The molecule has 0 radical (unpaired) electrons. The number of rotatable bonds is 5. The van der Waals surface area contributed by atoms with Crippen molar-refractivity contribution in [3.05, 3.63) is 48.0 Å². The normalized spacial score (nSPS) is 12.0. The molecule has 0 aliphatic rings. The lowest BCUT2D eigenvalue weighted by molar-refractivity contribution is 0.187. The largest absolute Gasteiger partial charge is 0.493 e. The quantitative estimate of drug-likeness (QED) is 0.877. The fourth-order valence-electron chi connectivity index (χ4n) is 2.05. The van der Waals surface area contributed by atoms with Gasteiger partial charge < -0.3 is 20.3 Å². The number of hydrogen-bond donors (Lipinski definition) is 2. The zero-order chi connectivity index (χ0) is 14.5. The van der Waals surface area contributed by atoms with Crippen LogP contribution in [0.4, 0.5) is 0 Å². The first-order valence-electron chi connectivity index (χ1n) is 6.40. The summed E-state index contributed by atoms with van der Waals surface area (Å²) in [4.78, 5) is 0.